The highest BCUT2D eigenvalue weighted by atomic mass is 32.2. The Bertz CT molecular complexity index is 745. The average Bonchev–Trinajstić information content (AvgIpc) is 3.04. The van der Waals surface area contributed by atoms with Crippen molar-refractivity contribution in [1.29, 1.82) is 0 Å². The third-order valence-electron chi connectivity index (χ3n) is 3.53. The van der Waals surface area contributed by atoms with Crippen molar-refractivity contribution in [3.63, 3.8) is 0 Å². The Labute approximate surface area is 132 Å². The Kier molecular flexibility index (Phi) is 4.24. The van der Waals surface area contributed by atoms with Crippen LogP contribution in [0.15, 0.2) is 58.5 Å². The van der Waals surface area contributed by atoms with Crippen LogP contribution in [0.25, 0.3) is 0 Å². The molecule has 0 unspecified atom stereocenters. The van der Waals surface area contributed by atoms with Crippen LogP contribution < -0.4 is 0 Å². The van der Waals surface area contributed by atoms with Crippen molar-refractivity contribution in [2.75, 3.05) is 12.8 Å². The molecule has 0 spiro atoms. The molecule has 5 heteroatoms. The fraction of sp³-hybridized carbons (Fsp3) is 0.176. The van der Waals surface area contributed by atoms with Crippen molar-refractivity contribution in [3.8, 4) is 0 Å². The van der Waals surface area contributed by atoms with Gasteiger partial charge >= 0.3 is 0 Å². The van der Waals surface area contributed by atoms with Gasteiger partial charge in [-0.05, 0) is 30.5 Å². The number of thioether (sulfide) groups is 1. The van der Waals surface area contributed by atoms with E-state index in [0.717, 1.165) is 16.2 Å². The van der Waals surface area contributed by atoms with Gasteiger partial charge in [0.1, 0.15) is 5.82 Å². The molecule has 0 aliphatic carbocycles. The zero-order chi connectivity index (χ0) is 15.5. The Morgan fingerprint density at radius 2 is 2.05 bits per heavy atom. The summed E-state index contributed by atoms with van der Waals surface area (Å²) in [5.41, 5.74) is 2.28. The summed E-state index contributed by atoms with van der Waals surface area (Å²) in [5.74, 6) is -0.682. The predicted molar refractivity (Wildman–Crippen MR) is 86.8 cm³/mol. The summed E-state index contributed by atoms with van der Waals surface area (Å²) in [5, 5.41) is 5.86. The van der Waals surface area contributed by atoms with Crippen LogP contribution in [0.4, 0.5) is 4.39 Å². The minimum Gasteiger partial charge on any atom is -0.267 e. The summed E-state index contributed by atoms with van der Waals surface area (Å²) < 4.78 is 13.2. The molecular formula is C17H15FN2OS. The van der Waals surface area contributed by atoms with E-state index in [2.05, 4.69) is 5.10 Å². The number of rotatable bonds is 3. The van der Waals surface area contributed by atoms with Crippen LogP contribution >= 0.6 is 11.8 Å². The lowest BCUT2D eigenvalue weighted by molar-refractivity contribution is 0.0778. The van der Waals surface area contributed by atoms with E-state index in [1.54, 1.807) is 17.8 Å². The van der Waals surface area contributed by atoms with Gasteiger partial charge in [-0.1, -0.05) is 24.3 Å². The maximum Gasteiger partial charge on any atom is 0.274 e. The second-order valence-electron chi connectivity index (χ2n) is 4.94. The molecule has 1 aliphatic heterocycles. The zero-order valence-corrected chi connectivity index (χ0v) is 12.9. The molecule has 0 saturated carbocycles. The van der Waals surface area contributed by atoms with E-state index < -0.39 is 5.82 Å². The van der Waals surface area contributed by atoms with Gasteiger partial charge in [-0.15, -0.1) is 11.8 Å². The molecule has 0 N–H and O–H groups in total. The van der Waals surface area contributed by atoms with Gasteiger partial charge in [-0.25, -0.2) is 9.40 Å². The van der Waals surface area contributed by atoms with E-state index in [-0.39, 0.29) is 5.91 Å². The van der Waals surface area contributed by atoms with Crippen molar-refractivity contribution in [3.05, 3.63) is 65.5 Å². The summed E-state index contributed by atoms with van der Waals surface area (Å²) in [4.78, 5) is 13.5. The van der Waals surface area contributed by atoms with Crippen molar-refractivity contribution < 1.29 is 9.18 Å². The summed E-state index contributed by atoms with van der Waals surface area (Å²) in [6.45, 7) is 0.521. The molecule has 112 valence electrons. The average molecular weight is 314 g/mol. The summed E-state index contributed by atoms with van der Waals surface area (Å²) in [6, 6.07) is 13.7. The van der Waals surface area contributed by atoms with Crippen LogP contribution in [0, 0.1) is 5.82 Å². The van der Waals surface area contributed by atoms with Gasteiger partial charge in [0.05, 0.1) is 12.3 Å². The van der Waals surface area contributed by atoms with Gasteiger partial charge in [-0.3, -0.25) is 4.79 Å². The number of hydrogen-bond acceptors (Lipinski definition) is 3. The van der Waals surface area contributed by atoms with Gasteiger partial charge in [0.15, 0.2) is 0 Å². The van der Waals surface area contributed by atoms with Crippen LogP contribution in [-0.4, -0.2) is 29.4 Å². The maximum absolute atomic E-state index is 13.2. The first-order valence-electron chi connectivity index (χ1n) is 6.97. The molecular weight excluding hydrogens is 299 g/mol. The number of hydrogen-bond donors (Lipinski definition) is 0. The topological polar surface area (TPSA) is 32.7 Å². The fourth-order valence-electron chi connectivity index (χ4n) is 2.45. The highest BCUT2D eigenvalue weighted by Crippen LogP contribution is 2.24. The molecule has 0 atom stereocenters. The zero-order valence-electron chi connectivity index (χ0n) is 12.1. The third-order valence-corrected chi connectivity index (χ3v) is 4.32. The molecule has 1 heterocycles. The maximum atomic E-state index is 13.2. The molecule has 2 aromatic rings. The second-order valence-corrected chi connectivity index (χ2v) is 5.78. The van der Waals surface area contributed by atoms with Crippen molar-refractivity contribution in [2.45, 2.75) is 11.3 Å². The SMILES string of the molecule is CSc1ccccc1C1=NN(C(=O)c2cccc(F)c2)CC1. The molecule has 1 amide bonds. The van der Waals surface area contributed by atoms with Gasteiger partial charge in [-0.2, -0.15) is 5.10 Å². The molecule has 0 saturated heterocycles. The number of nitrogens with zero attached hydrogens (tertiary/aromatic N) is 2. The van der Waals surface area contributed by atoms with E-state index >= 15 is 0 Å². The minimum atomic E-state index is -0.415. The van der Waals surface area contributed by atoms with Gasteiger partial charge < -0.3 is 0 Å². The van der Waals surface area contributed by atoms with Gasteiger partial charge in [0.25, 0.3) is 5.91 Å². The molecule has 3 nitrogen and oxygen atoms in total. The standard InChI is InChI=1S/C17H15FN2OS/c1-22-16-8-3-2-7-14(16)15-9-10-20(19-15)17(21)12-5-4-6-13(18)11-12/h2-8,11H,9-10H2,1H3. The van der Waals surface area contributed by atoms with Crippen molar-refractivity contribution >= 4 is 23.4 Å². The predicted octanol–water partition coefficient (Wildman–Crippen LogP) is 3.80. The molecule has 3 rings (SSSR count). The molecule has 0 aromatic heterocycles. The molecule has 0 bridgehead atoms. The Hall–Kier alpha value is -2.14. The van der Waals surface area contributed by atoms with Crippen LogP contribution in [-0.2, 0) is 0 Å². The Morgan fingerprint density at radius 1 is 1.23 bits per heavy atom. The monoisotopic (exact) mass is 314 g/mol. The van der Waals surface area contributed by atoms with E-state index in [9.17, 15) is 9.18 Å². The molecule has 22 heavy (non-hydrogen) atoms. The highest BCUT2D eigenvalue weighted by molar-refractivity contribution is 7.98. The summed E-state index contributed by atoms with van der Waals surface area (Å²) in [7, 11) is 0. The number of halogens is 1. The third kappa shape index (κ3) is 2.90. The Morgan fingerprint density at radius 3 is 2.82 bits per heavy atom. The van der Waals surface area contributed by atoms with E-state index in [0.29, 0.717) is 18.5 Å². The van der Waals surface area contributed by atoms with Crippen LogP contribution in [0.5, 0.6) is 0 Å². The lowest BCUT2D eigenvalue weighted by atomic mass is 10.1. The van der Waals surface area contributed by atoms with Crippen LogP contribution in [0.3, 0.4) is 0 Å². The largest absolute Gasteiger partial charge is 0.274 e. The number of amides is 1. The number of benzene rings is 2. The van der Waals surface area contributed by atoms with Gasteiger partial charge in [0.2, 0.25) is 0 Å². The van der Waals surface area contributed by atoms with Crippen LogP contribution in [0.2, 0.25) is 0 Å². The lowest BCUT2D eigenvalue weighted by Crippen LogP contribution is -2.23. The van der Waals surface area contributed by atoms with E-state index in [1.165, 1.54) is 23.2 Å². The lowest BCUT2D eigenvalue weighted by Gasteiger charge is -2.11. The first-order chi connectivity index (χ1) is 10.7. The first kappa shape index (κ1) is 14.8. The quantitative estimate of drug-likeness (QED) is 0.807. The first-order valence-corrected chi connectivity index (χ1v) is 8.20. The van der Waals surface area contributed by atoms with E-state index in [1.807, 2.05) is 30.5 Å². The molecule has 0 radical (unpaired) electrons. The summed E-state index contributed by atoms with van der Waals surface area (Å²) >= 11 is 1.66. The molecule has 0 fully saturated rings. The molecule has 1 aliphatic rings. The number of carbonyl (C=O) groups excluding carboxylic acids is 1. The fourth-order valence-corrected chi connectivity index (χ4v) is 3.07. The van der Waals surface area contributed by atoms with Gasteiger partial charge in [0, 0.05) is 22.4 Å². The normalized spacial score (nSPS) is 14.1. The smallest absolute Gasteiger partial charge is 0.267 e. The summed E-state index contributed by atoms with van der Waals surface area (Å²) in [6.07, 6.45) is 2.72. The van der Waals surface area contributed by atoms with Crippen molar-refractivity contribution in [1.82, 2.24) is 5.01 Å². The number of carbonyl (C=O) groups is 1. The number of hydrazone groups is 1. The van der Waals surface area contributed by atoms with E-state index in [4.69, 9.17) is 0 Å². The second kappa shape index (κ2) is 6.32. The highest BCUT2D eigenvalue weighted by Gasteiger charge is 2.23. The van der Waals surface area contributed by atoms with Crippen LogP contribution in [0.1, 0.15) is 22.3 Å². The minimum absolute atomic E-state index is 0.267. The molecule has 2 aromatic carbocycles. The Balaban J connectivity index is 1.86. The van der Waals surface area contributed by atoms with Crippen molar-refractivity contribution in [2.24, 2.45) is 5.10 Å².